The fraction of sp³-hybridized carbons (Fsp3) is 0.333. The van der Waals surface area contributed by atoms with Crippen LogP contribution in [0.1, 0.15) is 19.4 Å². The molecule has 7 heteroatoms. The lowest BCUT2D eigenvalue weighted by molar-refractivity contribution is -0.143. The molecule has 0 spiro atoms. The van der Waals surface area contributed by atoms with Crippen LogP contribution in [0.15, 0.2) is 24.3 Å². The summed E-state index contributed by atoms with van der Waals surface area (Å²) in [5.74, 6) is -2.40. The number of benzene rings is 1. The number of imide groups is 2. The number of nitrogens with one attached hydrogen (secondary N) is 1. The summed E-state index contributed by atoms with van der Waals surface area (Å²) in [6.45, 7) is 3.23. The molecule has 1 aliphatic heterocycles. The first-order valence-corrected chi connectivity index (χ1v) is 7.04. The van der Waals surface area contributed by atoms with Gasteiger partial charge < -0.3 is 5.32 Å². The van der Waals surface area contributed by atoms with Gasteiger partial charge in [-0.1, -0.05) is 19.1 Å². The Morgan fingerprint density at radius 3 is 2.09 bits per heavy atom. The van der Waals surface area contributed by atoms with Crippen LogP contribution in [-0.2, 0) is 20.8 Å². The van der Waals surface area contributed by atoms with Gasteiger partial charge in [-0.05, 0) is 31.0 Å². The molecule has 0 bridgehead atoms. The summed E-state index contributed by atoms with van der Waals surface area (Å²) in [5, 5.41) is 2.59. The summed E-state index contributed by atoms with van der Waals surface area (Å²) >= 11 is 0. The molecular weight excluding hydrogens is 286 g/mol. The Morgan fingerprint density at radius 1 is 1.00 bits per heavy atom. The summed E-state index contributed by atoms with van der Waals surface area (Å²) in [5.41, 5.74) is 1.70. The number of rotatable bonds is 5. The Hall–Kier alpha value is -2.70. The van der Waals surface area contributed by atoms with Crippen molar-refractivity contribution in [2.24, 2.45) is 0 Å². The molecule has 1 N–H and O–H groups in total. The lowest BCUT2D eigenvalue weighted by Gasteiger charge is -2.14. The van der Waals surface area contributed by atoms with E-state index < -0.39 is 30.3 Å². The van der Waals surface area contributed by atoms with E-state index in [9.17, 15) is 19.2 Å². The molecule has 0 saturated carbocycles. The number of carbonyl (C=O) groups is 4. The Morgan fingerprint density at radius 2 is 1.59 bits per heavy atom. The van der Waals surface area contributed by atoms with E-state index in [0.29, 0.717) is 10.6 Å². The van der Waals surface area contributed by atoms with Crippen LogP contribution in [0.25, 0.3) is 0 Å². The number of nitrogens with zero attached hydrogens (tertiary/aromatic N) is 2. The van der Waals surface area contributed by atoms with Gasteiger partial charge >= 0.3 is 17.8 Å². The summed E-state index contributed by atoms with van der Waals surface area (Å²) in [6.07, 6.45) is 0.889. The van der Waals surface area contributed by atoms with Crippen molar-refractivity contribution >= 4 is 29.4 Å². The van der Waals surface area contributed by atoms with Gasteiger partial charge in [0.05, 0.1) is 0 Å². The zero-order chi connectivity index (χ0) is 16.3. The van der Waals surface area contributed by atoms with E-state index in [2.05, 4.69) is 5.32 Å². The maximum Gasteiger partial charge on any atom is 0.334 e. The molecule has 1 saturated heterocycles. The Labute approximate surface area is 127 Å². The third-order valence-electron chi connectivity index (χ3n) is 3.40. The van der Waals surface area contributed by atoms with E-state index >= 15 is 0 Å². The SMILES string of the molecule is CCc1ccc(NC(=O)CN2C(=O)C(=O)N(CC)C2=O)cc1. The highest BCUT2D eigenvalue weighted by Crippen LogP contribution is 2.13. The maximum atomic E-state index is 11.9. The average Bonchev–Trinajstić information content (AvgIpc) is 2.71. The molecule has 1 aromatic rings. The minimum Gasteiger partial charge on any atom is -0.325 e. The van der Waals surface area contributed by atoms with Gasteiger partial charge in [-0.15, -0.1) is 0 Å². The lowest BCUT2D eigenvalue weighted by atomic mass is 10.1. The van der Waals surface area contributed by atoms with Crippen molar-refractivity contribution in [2.75, 3.05) is 18.4 Å². The highest BCUT2D eigenvalue weighted by molar-refractivity contribution is 6.45. The third kappa shape index (κ3) is 2.98. The molecule has 0 unspecified atom stereocenters. The van der Waals surface area contributed by atoms with Crippen molar-refractivity contribution in [1.82, 2.24) is 9.80 Å². The van der Waals surface area contributed by atoms with Crippen LogP contribution in [0, 0.1) is 0 Å². The number of aryl methyl sites for hydroxylation is 1. The van der Waals surface area contributed by atoms with Crippen molar-refractivity contribution < 1.29 is 19.2 Å². The van der Waals surface area contributed by atoms with Gasteiger partial charge in [0.2, 0.25) is 5.91 Å². The number of amides is 5. The molecule has 0 atom stereocenters. The van der Waals surface area contributed by atoms with Crippen molar-refractivity contribution in [3.05, 3.63) is 29.8 Å². The second kappa shape index (κ2) is 6.38. The number of urea groups is 1. The third-order valence-corrected chi connectivity index (χ3v) is 3.40. The number of hydrogen-bond donors (Lipinski definition) is 1. The molecule has 1 aliphatic rings. The number of likely N-dealkylation sites (N-methyl/N-ethyl adjacent to an activating group) is 1. The largest absolute Gasteiger partial charge is 0.334 e. The topological polar surface area (TPSA) is 86.8 Å². The zero-order valence-electron chi connectivity index (χ0n) is 12.5. The smallest absolute Gasteiger partial charge is 0.325 e. The van der Waals surface area contributed by atoms with Gasteiger partial charge in [0.15, 0.2) is 0 Å². The van der Waals surface area contributed by atoms with Crippen molar-refractivity contribution in [3.8, 4) is 0 Å². The standard InChI is InChI=1S/C15H17N3O4/c1-3-10-5-7-11(8-6-10)16-12(19)9-18-14(21)13(20)17(4-2)15(18)22/h5-8H,3-4,9H2,1-2H3,(H,16,19). The van der Waals surface area contributed by atoms with E-state index in [4.69, 9.17) is 0 Å². The molecule has 7 nitrogen and oxygen atoms in total. The van der Waals surface area contributed by atoms with Crippen LogP contribution in [-0.4, -0.2) is 46.6 Å². The van der Waals surface area contributed by atoms with E-state index in [0.717, 1.165) is 16.9 Å². The lowest BCUT2D eigenvalue weighted by Crippen LogP contribution is -2.38. The number of carbonyl (C=O) groups excluding carboxylic acids is 4. The van der Waals surface area contributed by atoms with Crippen LogP contribution in [0.3, 0.4) is 0 Å². The highest BCUT2D eigenvalue weighted by Gasteiger charge is 2.44. The maximum absolute atomic E-state index is 11.9. The highest BCUT2D eigenvalue weighted by atomic mass is 16.2. The van der Waals surface area contributed by atoms with Crippen LogP contribution >= 0.6 is 0 Å². The minimum absolute atomic E-state index is 0.0972. The Bertz CT molecular complexity index is 624. The Balaban J connectivity index is 2.01. The fourth-order valence-corrected chi connectivity index (χ4v) is 2.14. The summed E-state index contributed by atoms with van der Waals surface area (Å²) in [6, 6.07) is 6.49. The molecule has 0 aromatic heterocycles. The summed E-state index contributed by atoms with van der Waals surface area (Å²) in [7, 11) is 0. The second-order valence-electron chi connectivity index (χ2n) is 4.82. The normalized spacial score (nSPS) is 14.7. The van der Waals surface area contributed by atoms with Crippen molar-refractivity contribution in [1.29, 1.82) is 0 Å². The average molecular weight is 303 g/mol. The predicted molar refractivity (Wildman–Crippen MR) is 78.9 cm³/mol. The quantitative estimate of drug-likeness (QED) is 0.649. The van der Waals surface area contributed by atoms with Gasteiger partial charge in [0.1, 0.15) is 6.54 Å². The van der Waals surface area contributed by atoms with Crippen molar-refractivity contribution in [3.63, 3.8) is 0 Å². The first-order chi connectivity index (χ1) is 10.5. The van der Waals surface area contributed by atoms with Gasteiger partial charge in [0.25, 0.3) is 0 Å². The molecule has 5 amide bonds. The molecule has 116 valence electrons. The first kappa shape index (κ1) is 15.7. The zero-order valence-corrected chi connectivity index (χ0v) is 12.5. The van der Waals surface area contributed by atoms with Gasteiger partial charge in [0, 0.05) is 12.2 Å². The van der Waals surface area contributed by atoms with Crippen molar-refractivity contribution in [2.45, 2.75) is 20.3 Å². The summed E-state index contributed by atoms with van der Waals surface area (Å²) < 4.78 is 0. The second-order valence-corrected chi connectivity index (χ2v) is 4.82. The van der Waals surface area contributed by atoms with Crippen LogP contribution in [0.5, 0.6) is 0 Å². The molecule has 1 heterocycles. The Kier molecular flexibility index (Phi) is 4.55. The van der Waals surface area contributed by atoms with Crippen LogP contribution in [0.2, 0.25) is 0 Å². The fourth-order valence-electron chi connectivity index (χ4n) is 2.14. The first-order valence-electron chi connectivity index (χ1n) is 7.04. The molecule has 0 aliphatic carbocycles. The predicted octanol–water partition coefficient (Wildman–Crippen LogP) is 0.998. The number of anilines is 1. The monoisotopic (exact) mass is 303 g/mol. The molecule has 2 rings (SSSR count). The molecule has 1 aromatic carbocycles. The van der Waals surface area contributed by atoms with E-state index in [1.54, 1.807) is 19.1 Å². The van der Waals surface area contributed by atoms with Crippen LogP contribution < -0.4 is 5.32 Å². The summed E-state index contributed by atoms with van der Waals surface area (Å²) in [4.78, 5) is 48.5. The number of hydrogen-bond acceptors (Lipinski definition) is 4. The van der Waals surface area contributed by atoms with Gasteiger partial charge in [-0.2, -0.15) is 0 Å². The van der Waals surface area contributed by atoms with E-state index in [-0.39, 0.29) is 6.54 Å². The van der Waals surface area contributed by atoms with Gasteiger partial charge in [-0.25, -0.2) is 9.69 Å². The van der Waals surface area contributed by atoms with Gasteiger partial charge in [-0.3, -0.25) is 19.3 Å². The van der Waals surface area contributed by atoms with E-state index in [1.807, 2.05) is 19.1 Å². The molecular formula is C15H17N3O4. The minimum atomic E-state index is -0.969. The molecule has 0 radical (unpaired) electrons. The van der Waals surface area contributed by atoms with E-state index in [1.165, 1.54) is 0 Å². The van der Waals surface area contributed by atoms with Crippen LogP contribution in [0.4, 0.5) is 10.5 Å². The molecule has 1 fully saturated rings. The molecule has 22 heavy (non-hydrogen) atoms.